The predicted octanol–water partition coefficient (Wildman–Crippen LogP) is 2.10. The molecule has 1 heterocycles. The lowest BCUT2D eigenvalue weighted by atomic mass is 10.1. The zero-order valence-corrected chi connectivity index (χ0v) is 9.29. The topological polar surface area (TPSA) is 50.5 Å². The van der Waals surface area contributed by atoms with Gasteiger partial charge in [0.15, 0.2) is 5.78 Å². The summed E-state index contributed by atoms with van der Waals surface area (Å²) < 4.78 is 4.86. The fourth-order valence-corrected chi connectivity index (χ4v) is 1.47. The Labute approximate surface area is 98.5 Å². The van der Waals surface area contributed by atoms with Gasteiger partial charge in [0, 0.05) is 18.3 Å². The Hall–Kier alpha value is -2.36. The van der Waals surface area contributed by atoms with Crippen LogP contribution in [-0.2, 0) is 4.79 Å². The van der Waals surface area contributed by atoms with Crippen molar-refractivity contribution in [2.45, 2.75) is 0 Å². The highest BCUT2D eigenvalue weighted by Gasteiger charge is 2.10. The van der Waals surface area contributed by atoms with Gasteiger partial charge in [-0.15, -0.1) is 0 Å². The molecule has 0 bridgehead atoms. The van der Waals surface area contributed by atoms with Gasteiger partial charge in [0.25, 0.3) is 0 Å². The summed E-state index contributed by atoms with van der Waals surface area (Å²) in [6.45, 7) is 0. The molecule has 4 heteroatoms. The number of carbonyl (C=O) groups is 2. The molecule has 4 nitrogen and oxygen atoms in total. The van der Waals surface area contributed by atoms with E-state index in [-0.39, 0.29) is 5.78 Å². The maximum atomic E-state index is 11.9. The van der Waals surface area contributed by atoms with Gasteiger partial charge in [-0.1, -0.05) is 0 Å². The second kappa shape index (κ2) is 4.65. The van der Waals surface area contributed by atoms with Gasteiger partial charge in [-0.3, -0.25) is 9.59 Å². The van der Waals surface area contributed by atoms with Crippen molar-refractivity contribution in [3.63, 3.8) is 0 Å². The molecule has 0 atom stereocenters. The molecule has 17 heavy (non-hydrogen) atoms. The van der Waals surface area contributed by atoms with E-state index in [1.165, 1.54) is 17.4 Å². The van der Waals surface area contributed by atoms with Crippen molar-refractivity contribution in [2.75, 3.05) is 11.9 Å². The van der Waals surface area contributed by atoms with Crippen LogP contribution in [0.25, 0.3) is 0 Å². The SMILES string of the molecule is CN(C=O)c1ccc(C(=O)c2ccoc2)cc1. The van der Waals surface area contributed by atoms with Gasteiger partial charge >= 0.3 is 0 Å². The Balaban J connectivity index is 2.24. The number of anilines is 1. The third kappa shape index (κ3) is 2.25. The second-order valence-corrected chi connectivity index (χ2v) is 3.60. The first-order valence-corrected chi connectivity index (χ1v) is 5.07. The fraction of sp³-hybridized carbons (Fsp3) is 0.0769. The van der Waals surface area contributed by atoms with E-state index in [0.29, 0.717) is 17.5 Å². The standard InChI is InChI=1S/C13H11NO3/c1-14(9-15)12-4-2-10(3-5-12)13(16)11-6-7-17-8-11/h2-9H,1H3. The number of nitrogens with zero attached hydrogens (tertiary/aromatic N) is 1. The van der Waals surface area contributed by atoms with Gasteiger partial charge < -0.3 is 9.32 Å². The number of hydrogen-bond acceptors (Lipinski definition) is 3. The minimum Gasteiger partial charge on any atom is -0.472 e. The molecule has 1 aromatic heterocycles. The number of hydrogen-bond donors (Lipinski definition) is 0. The Kier molecular flexibility index (Phi) is 3.05. The third-order valence-electron chi connectivity index (χ3n) is 2.48. The van der Waals surface area contributed by atoms with Crippen LogP contribution in [0.3, 0.4) is 0 Å². The molecule has 0 radical (unpaired) electrons. The van der Waals surface area contributed by atoms with E-state index >= 15 is 0 Å². The van der Waals surface area contributed by atoms with Crippen LogP contribution < -0.4 is 4.90 Å². The Bertz CT molecular complexity index is 514. The zero-order valence-electron chi connectivity index (χ0n) is 9.29. The molecule has 0 aliphatic heterocycles. The lowest BCUT2D eigenvalue weighted by Crippen LogP contribution is -2.13. The average molecular weight is 229 g/mol. The van der Waals surface area contributed by atoms with Gasteiger partial charge in [-0.25, -0.2) is 0 Å². The van der Waals surface area contributed by atoms with Gasteiger partial charge in [0.2, 0.25) is 6.41 Å². The van der Waals surface area contributed by atoms with Crippen LogP contribution in [0.4, 0.5) is 5.69 Å². The molecule has 0 saturated heterocycles. The third-order valence-corrected chi connectivity index (χ3v) is 2.48. The lowest BCUT2D eigenvalue weighted by molar-refractivity contribution is -0.107. The second-order valence-electron chi connectivity index (χ2n) is 3.60. The summed E-state index contributed by atoms with van der Waals surface area (Å²) in [5, 5.41) is 0. The lowest BCUT2D eigenvalue weighted by Gasteiger charge is -2.10. The Morgan fingerprint density at radius 1 is 1.18 bits per heavy atom. The minimum atomic E-state index is -0.0981. The van der Waals surface area contributed by atoms with Crippen LogP contribution in [0, 0.1) is 0 Å². The van der Waals surface area contributed by atoms with Crippen LogP contribution in [0.5, 0.6) is 0 Å². The molecular formula is C13H11NO3. The fourth-order valence-electron chi connectivity index (χ4n) is 1.47. The van der Waals surface area contributed by atoms with Crippen molar-refractivity contribution < 1.29 is 14.0 Å². The number of rotatable bonds is 4. The number of benzene rings is 1. The summed E-state index contributed by atoms with van der Waals surface area (Å²) in [6.07, 6.45) is 3.59. The van der Waals surface area contributed by atoms with Crippen LogP contribution >= 0.6 is 0 Å². The maximum absolute atomic E-state index is 11.9. The van der Waals surface area contributed by atoms with Crippen LogP contribution in [0.1, 0.15) is 15.9 Å². The first-order valence-electron chi connectivity index (χ1n) is 5.07. The summed E-state index contributed by atoms with van der Waals surface area (Å²) in [5.41, 5.74) is 1.82. The highest BCUT2D eigenvalue weighted by atomic mass is 16.3. The number of ketones is 1. The average Bonchev–Trinajstić information content (AvgIpc) is 2.91. The zero-order chi connectivity index (χ0) is 12.3. The van der Waals surface area contributed by atoms with E-state index < -0.39 is 0 Å². The van der Waals surface area contributed by atoms with Crippen molar-refractivity contribution in [3.05, 3.63) is 54.0 Å². The molecule has 2 rings (SSSR count). The van der Waals surface area contributed by atoms with E-state index in [1.807, 2.05) is 0 Å². The Morgan fingerprint density at radius 2 is 1.88 bits per heavy atom. The smallest absolute Gasteiger partial charge is 0.213 e. The van der Waals surface area contributed by atoms with Crippen LogP contribution in [0.15, 0.2) is 47.3 Å². The summed E-state index contributed by atoms with van der Waals surface area (Å²) in [7, 11) is 1.65. The van der Waals surface area contributed by atoms with Crippen molar-refractivity contribution in [1.29, 1.82) is 0 Å². The van der Waals surface area contributed by atoms with Crippen molar-refractivity contribution >= 4 is 17.9 Å². The molecule has 86 valence electrons. The molecule has 0 N–H and O–H groups in total. The highest BCUT2D eigenvalue weighted by Crippen LogP contribution is 2.15. The first kappa shape index (κ1) is 11.1. The summed E-state index contributed by atoms with van der Waals surface area (Å²) in [4.78, 5) is 23.9. The van der Waals surface area contributed by atoms with E-state index in [4.69, 9.17) is 4.42 Å². The van der Waals surface area contributed by atoms with Gasteiger partial charge in [0.05, 0.1) is 11.8 Å². The quantitative estimate of drug-likeness (QED) is 0.596. The van der Waals surface area contributed by atoms with E-state index in [1.54, 1.807) is 37.4 Å². The number of carbonyl (C=O) groups excluding carboxylic acids is 2. The largest absolute Gasteiger partial charge is 0.472 e. The molecule has 1 amide bonds. The molecular weight excluding hydrogens is 218 g/mol. The van der Waals surface area contributed by atoms with Crippen molar-refractivity contribution in [1.82, 2.24) is 0 Å². The van der Waals surface area contributed by atoms with Gasteiger partial charge in [-0.05, 0) is 30.3 Å². The van der Waals surface area contributed by atoms with Crippen molar-refractivity contribution in [2.24, 2.45) is 0 Å². The van der Waals surface area contributed by atoms with Crippen LogP contribution in [-0.4, -0.2) is 19.2 Å². The van der Waals surface area contributed by atoms with Crippen LogP contribution in [0.2, 0.25) is 0 Å². The van der Waals surface area contributed by atoms with Gasteiger partial charge in [-0.2, -0.15) is 0 Å². The normalized spacial score (nSPS) is 9.94. The minimum absolute atomic E-state index is 0.0981. The predicted molar refractivity (Wildman–Crippen MR) is 63.0 cm³/mol. The molecule has 0 fully saturated rings. The molecule has 0 aliphatic carbocycles. The first-order chi connectivity index (χ1) is 8.22. The monoisotopic (exact) mass is 229 g/mol. The summed E-state index contributed by atoms with van der Waals surface area (Å²) in [5.74, 6) is -0.0981. The molecule has 0 saturated carbocycles. The van der Waals surface area contributed by atoms with Gasteiger partial charge in [0.1, 0.15) is 6.26 Å². The molecule has 2 aromatic rings. The number of amides is 1. The number of furan rings is 1. The maximum Gasteiger partial charge on any atom is 0.213 e. The van der Waals surface area contributed by atoms with E-state index in [9.17, 15) is 9.59 Å². The molecule has 1 aromatic carbocycles. The van der Waals surface area contributed by atoms with E-state index in [2.05, 4.69) is 0 Å². The Morgan fingerprint density at radius 3 is 2.41 bits per heavy atom. The summed E-state index contributed by atoms with van der Waals surface area (Å²) >= 11 is 0. The van der Waals surface area contributed by atoms with E-state index in [0.717, 1.165) is 5.69 Å². The molecule has 0 unspecified atom stereocenters. The highest BCUT2D eigenvalue weighted by molar-refractivity contribution is 6.08. The molecule has 0 spiro atoms. The van der Waals surface area contributed by atoms with Crippen molar-refractivity contribution in [3.8, 4) is 0 Å². The molecule has 0 aliphatic rings. The summed E-state index contributed by atoms with van der Waals surface area (Å²) in [6, 6.07) is 8.44.